The van der Waals surface area contributed by atoms with Gasteiger partial charge in [-0.15, -0.1) is 0 Å². The summed E-state index contributed by atoms with van der Waals surface area (Å²) in [5.74, 6) is -0.0304. The standard InChI is InChI=1S/C27H31ClN2O4/c1-18(29-16-26(33)22-9-10-25(32)23(14-22)17-31)11-19-5-7-20(8-6-19)13-27(34)30-15-21-3-2-4-24(28)12-21/h2-10,12,14,18,26,29,31-33H,11,13,15-17H2,1H3,(H,30,34)/t18-,26+/m1/s1. The van der Waals surface area contributed by atoms with Crippen molar-refractivity contribution in [2.75, 3.05) is 6.54 Å². The predicted molar refractivity (Wildman–Crippen MR) is 134 cm³/mol. The maximum atomic E-state index is 12.3. The Morgan fingerprint density at radius 3 is 2.44 bits per heavy atom. The first-order valence-electron chi connectivity index (χ1n) is 11.3. The zero-order valence-corrected chi connectivity index (χ0v) is 19.9. The second kappa shape index (κ2) is 12.5. The van der Waals surface area contributed by atoms with E-state index in [4.69, 9.17) is 11.6 Å². The molecule has 0 aliphatic rings. The minimum Gasteiger partial charge on any atom is -0.508 e. The summed E-state index contributed by atoms with van der Waals surface area (Å²) in [4.78, 5) is 12.3. The third-order valence-corrected chi connectivity index (χ3v) is 5.86. The van der Waals surface area contributed by atoms with Gasteiger partial charge in [-0.25, -0.2) is 0 Å². The van der Waals surface area contributed by atoms with Gasteiger partial charge in [0.2, 0.25) is 5.91 Å². The van der Waals surface area contributed by atoms with Crippen molar-refractivity contribution < 1.29 is 20.1 Å². The number of aliphatic hydroxyl groups is 2. The summed E-state index contributed by atoms with van der Waals surface area (Å²) in [5, 5.41) is 36.2. The third kappa shape index (κ3) is 7.85. The minimum atomic E-state index is -0.749. The van der Waals surface area contributed by atoms with Crippen molar-refractivity contribution in [2.45, 2.75) is 45.1 Å². The van der Waals surface area contributed by atoms with Crippen LogP contribution in [0.25, 0.3) is 0 Å². The molecule has 7 heteroatoms. The molecular weight excluding hydrogens is 452 g/mol. The number of aromatic hydroxyl groups is 1. The minimum absolute atomic E-state index is 0.0156. The molecule has 6 nitrogen and oxygen atoms in total. The quantitative estimate of drug-likeness (QED) is 0.287. The summed E-state index contributed by atoms with van der Waals surface area (Å²) in [5.41, 5.74) is 4.06. The topological polar surface area (TPSA) is 102 Å². The highest BCUT2D eigenvalue weighted by molar-refractivity contribution is 6.30. The molecule has 0 saturated heterocycles. The van der Waals surface area contributed by atoms with Crippen LogP contribution in [0, 0.1) is 0 Å². The molecule has 3 rings (SSSR count). The van der Waals surface area contributed by atoms with Crippen molar-refractivity contribution in [2.24, 2.45) is 0 Å². The lowest BCUT2D eigenvalue weighted by atomic mass is 10.0. The maximum Gasteiger partial charge on any atom is 0.224 e. The van der Waals surface area contributed by atoms with Crippen molar-refractivity contribution in [1.82, 2.24) is 10.6 Å². The number of phenols is 1. The fourth-order valence-electron chi connectivity index (χ4n) is 3.68. The lowest BCUT2D eigenvalue weighted by molar-refractivity contribution is -0.120. The Labute approximate surface area is 205 Å². The molecule has 34 heavy (non-hydrogen) atoms. The number of carbonyl (C=O) groups is 1. The molecule has 0 aliphatic heterocycles. The molecule has 5 N–H and O–H groups in total. The number of carbonyl (C=O) groups excluding carboxylic acids is 1. The van der Waals surface area contributed by atoms with Crippen LogP contribution in [0.15, 0.2) is 66.7 Å². The van der Waals surface area contributed by atoms with Gasteiger partial charge in [0.15, 0.2) is 0 Å². The van der Waals surface area contributed by atoms with Crippen LogP contribution in [0.4, 0.5) is 0 Å². The first-order chi connectivity index (χ1) is 16.3. The molecular formula is C27H31ClN2O4. The Kier molecular flexibility index (Phi) is 9.48. The maximum absolute atomic E-state index is 12.3. The van der Waals surface area contributed by atoms with E-state index in [1.165, 1.54) is 6.07 Å². The lowest BCUT2D eigenvalue weighted by Gasteiger charge is -2.18. The Bertz CT molecular complexity index is 1090. The van der Waals surface area contributed by atoms with Crippen molar-refractivity contribution >= 4 is 17.5 Å². The second-order valence-electron chi connectivity index (χ2n) is 8.48. The zero-order valence-electron chi connectivity index (χ0n) is 19.2. The molecule has 0 spiro atoms. The summed E-state index contributed by atoms with van der Waals surface area (Å²) in [6, 6.07) is 20.2. The highest BCUT2D eigenvalue weighted by Gasteiger charge is 2.12. The fourth-order valence-corrected chi connectivity index (χ4v) is 3.90. The second-order valence-corrected chi connectivity index (χ2v) is 8.91. The van der Waals surface area contributed by atoms with Gasteiger partial charge in [-0.1, -0.05) is 54.1 Å². The normalized spacial score (nSPS) is 12.8. The Balaban J connectivity index is 1.43. The van der Waals surface area contributed by atoms with Crippen LogP contribution in [0.2, 0.25) is 5.02 Å². The lowest BCUT2D eigenvalue weighted by Crippen LogP contribution is -2.32. The van der Waals surface area contributed by atoms with E-state index in [1.807, 2.05) is 49.4 Å². The van der Waals surface area contributed by atoms with Gasteiger partial charge in [-0.3, -0.25) is 4.79 Å². The fraction of sp³-hybridized carbons (Fsp3) is 0.296. The van der Waals surface area contributed by atoms with Gasteiger partial charge in [0.05, 0.1) is 19.1 Å². The highest BCUT2D eigenvalue weighted by atomic mass is 35.5. The molecule has 0 radical (unpaired) electrons. The molecule has 3 aromatic carbocycles. The predicted octanol–water partition coefficient (Wildman–Crippen LogP) is 3.65. The van der Waals surface area contributed by atoms with Crippen molar-refractivity contribution in [3.8, 4) is 5.75 Å². The number of halogens is 1. The van der Waals surface area contributed by atoms with Crippen molar-refractivity contribution in [3.63, 3.8) is 0 Å². The molecule has 0 fully saturated rings. The Morgan fingerprint density at radius 1 is 1.00 bits per heavy atom. The van der Waals surface area contributed by atoms with Gasteiger partial charge < -0.3 is 26.0 Å². The van der Waals surface area contributed by atoms with Gasteiger partial charge in [0.1, 0.15) is 5.75 Å². The average molecular weight is 483 g/mol. The number of hydrogen-bond acceptors (Lipinski definition) is 5. The number of nitrogens with one attached hydrogen (secondary N) is 2. The average Bonchev–Trinajstić information content (AvgIpc) is 2.83. The third-order valence-electron chi connectivity index (χ3n) is 5.63. The molecule has 0 bridgehead atoms. The van der Waals surface area contributed by atoms with E-state index in [0.717, 1.165) is 23.1 Å². The number of hydrogen-bond donors (Lipinski definition) is 5. The smallest absolute Gasteiger partial charge is 0.224 e. The molecule has 1 amide bonds. The van der Waals surface area contributed by atoms with E-state index in [9.17, 15) is 20.1 Å². The van der Waals surface area contributed by atoms with Crippen molar-refractivity contribution in [3.05, 3.63) is 99.6 Å². The van der Waals surface area contributed by atoms with E-state index >= 15 is 0 Å². The van der Waals surface area contributed by atoms with E-state index in [-0.39, 0.29) is 24.3 Å². The summed E-state index contributed by atoms with van der Waals surface area (Å²) in [7, 11) is 0. The molecule has 0 aromatic heterocycles. The van der Waals surface area contributed by atoms with Crippen molar-refractivity contribution in [1.29, 1.82) is 0 Å². The molecule has 0 unspecified atom stereocenters. The largest absolute Gasteiger partial charge is 0.508 e. The summed E-state index contributed by atoms with van der Waals surface area (Å²) in [6.45, 7) is 2.55. The Morgan fingerprint density at radius 2 is 1.74 bits per heavy atom. The SMILES string of the molecule is C[C@H](Cc1ccc(CC(=O)NCc2cccc(Cl)c2)cc1)NC[C@H](O)c1ccc(O)c(CO)c1. The highest BCUT2D eigenvalue weighted by Crippen LogP contribution is 2.22. The van der Waals surface area contributed by atoms with Gasteiger partial charge in [0, 0.05) is 29.7 Å². The van der Waals surface area contributed by atoms with Crippen LogP contribution < -0.4 is 10.6 Å². The van der Waals surface area contributed by atoms with E-state index in [2.05, 4.69) is 10.6 Å². The molecule has 2 atom stereocenters. The van der Waals surface area contributed by atoms with E-state index < -0.39 is 6.10 Å². The summed E-state index contributed by atoms with van der Waals surface area (Å²) < 4.78 is 0. The Hall–Kier alpha value is -2.90. The number of benzene rings is 3. The van der Waals surface area contributed by atoms with E-state index in [1.54, 1.807) is 18.2 Å². The van der Waals surface area contributed by atoms with E-state index in [0.29, 0.717) is 35.7 Å². The van der Waals surface area contributed by atoms with Crippen LogP contribution in [0.3, 0.4) is 0 Å². The van der Waals surface area contributed by atoms with Crippen LogP contribution in [-0.2, 0) is 30.8 Å². The number of aliphatic hydroxyl groups excluding tert-OH is 2. The molecule has 180 valence electrons. The first-order valence-corrected chi connectivity index (χ1v) is 11.6. The van der Waals surface area contributed by atoms with Crippen LogP contribution in [-0.4, -0.2) is 33.8 Å². The zero-order chi connectivity index (χ0) is 24.5. The van der Waals surface area contributed by atoms with Gasteiger partial charge in [0.25, 0.3) is 0 Å². The monoisotopic (exact) mass is 482 g/mol. The summed E-state index contributed by atoms with van der Waals surface area (Å²) >= 11 is 5.97. The summed E-state index contributed by atoms with van der Waals surface area (Å²) in [6.07, 6.45) is 0.329. The van der Waals surface area contributed by atoms with Gasteiger partial charge >= 0.3 is 0 Å². The first kappa shape index (κ1) is 25.7. The van der Waals surface area contributed by atoms with Gasteiger partial charge in [-0.05, 0) is 59.9 Å². The molecule has 0 aliphatic carbocycles. The molecule has 0 heterocycles. The van der Waals surface area contributed by atoms with Crippen LogP contribution in [0.1, 0.15) is 40.8 Å². The number of amides is 1. The number of rotatable bonds is 11. The van der Waals surface area contributed by atoms with Crippen LogP contribution in [0.5, 0.6) is 5.75 Å². The van der Waals surface area contributed by atoms with Gasteiger partial charge in [-0.2, -0.15) is 0 Å². The molecule has 0 saturated carbocycles. The molecule has 3 aromatic rings. The van der Waals surface area contributed by atoms with Crippen LogP contribution >= 0.6 is 11.6 Å².